The van der Waals surface area contributed by atoms with E-state index in [1.54, 1.807) is 15.9 Å². The topological polar surface area (TPSA) is 26.8 Å². The highest BCUT2D eigenvalue weighted by Gasteiger charge is 2.23. The highest BCUT2D eigenvalue weighted by atomic mass is 16.2. The lowest BCUT2D eigenvalue weighted by Gasteiger charge is -2.37. The van der Waals surface area contributed by atoms with Crippen molar-refractivity contribution >= 4 is 11.7 Å². The van der Waals surface area contributed by atoms with Crippen LogP contribution in [-0.4, -0.2) is 42.5 Å². The van der Waals surface area contributed by atoms with E-state index in [0.29, 0.717) is 6.54 Å². The van der Waals surface area contributed by atoms with Crippen molar-refractivity contribution in [3.8, 4) is 0 Å². The molecule has 1 aromatic rings. The first-order valence-electron chi connectivity index (χ1n) is 11.1. The Balaban J connectivity index is 1.96. The number of fused-ring (bicyclic) bond motifs is 1. The van der Waals surface area contributed by atoms with Gasteiger partial charge in [-0.05, 0) is 81.4 Å². The molecule has 0 bridgehead atoms. The smallest absolute Gasteiger partial charge is 0.328 e. The van der Waals surface area contributed by atoms with E-state index in [2.05, 4.69) is 30.6 Å². The molecule has 2 aliphatic rings. The van der Waals surface area contributed by atoms with E-state index in [-0.39, 0.29) is 6.03 Å². The number of allylic oxidation sites excluding steroid dienone is 6. The molecular weight excluding hydrogens is 370 g/mol. The molecule has 160 valence electrons. The highest BCUT2D eigenvalue weighted by molar-refractivity contribution is 5.95. The van der Waals surface area contributed by atoms with Crippen LogP contribution in [-0.2, 0) is 0 Å². The van der Waals surface area contributed by atoms with Crippen LogP contribution in [0.1, 0.15) is 46.0 Å². The van der Waals surface area contributed by atoms with Gasteiger partial charge in [-0.2, -0.15) is 0 Å². The van der Waals surface area contributed by atoms with Gasteiger partial charge in [-0.15, -0.1) is 0 Å². The zero-order chi connectivity index (χ0) is 21.5. The van der Waals surface area contributed by atoms with Crippen LogP contribution < -0.4 is 4.90 Å². The summed E-state index contributed by atoms with van der Waals surface area (Å²) in [6.45, 7) is 11.1. The minimum absolute atomic E-state index is 0.0548. The lowest BCUT2D eigenvalue weighted by Crippen LogP contribution is -2.40. The van der Waals surface area contributed by atoms with Crippen LogP contribution in [0.3, 0.4) is 0 Å². The summed E-state index contributed by atoms with van der Waals surface area (Å²) < 4.78 is 0. The summed E-state index contributed by atoms with van der Waals surface area (Å²) in [5.74, 6) is 0. The average molecular weight is 406 g/mol. The summed E-state index contributed by atoms with van der Waals surface area (Å²) >= 11 is 0. The van der Waals surface area contributed by atoms with Crippen molar-refractivity contribution in [2.45, 2.75) is 46.0 Å². The van der Waals surface area contributed by atoms with Gasteiger partial charge in [0.2, 0.25) is 0 Å². The molecule has 4 nitrogen and oxygen atoms in total. The summed E-state index contributed by atoms with van der Waals surface area (Å²) in [4.78, 5) is 19.2. The zero-order valence-corrected chi connectivity index (χ0v) is 18.7. The Hall–Kier alpha value is -2.75. The second-order valence-electron chi connectivity index (χ2n) is 8.15. The molecule has 2 amide bonds. The van der Waals surface area contributed by atoms with Crippen LogP contribution in [0.4, 0.5) is 10.5 Å². The van der Waals surface area contributed by atoms with E-state index < -0.39 is 0 Å². The maximum atomic E-state index is 13.2. The molecule has 0 aliphatic carbocycles. The van der Waals surface area contributed by atoms with E-state index in [0.717, 1.165) is 23.4 Å². The highest BCUT2D eigenvalue weighted by Crippen LogP contribution is 2.31. The number of anilines is 1. The summed E-state index contributed by atoms with van der Waals surface area (Å²) in [5, 5.41) is 0. The molecule has 1 aromatic carbocycles. The summed E-state index contributed by atoms with van der Waals surface area (Å²) in [6.07, 6.45) is 12.3. The second kappa shape index (κ2) is 10.3. The van der Waals surface area contributed by atoms with Crippen molar-refractivity contribution in [3.63, 3.8) is 0 Å². The van der Waals surface area contributed by atoms with Crippen LogP contribution in [0.25, 0.3) is 0 Å². The molecule has 2 aliphatic heterocycles. The van der Waals surface area contributed by atoms with E-state index in [1.165, 1.54) is 50.0 Å². The van der Waals surface area contributed by atoms with Crippen LogP contribution in [0.5, 0.6) is 0 Å². The quantitative estimate of drug-likeness (QED) is 0.534. The first-order valence-corrected chi connectivity index (χ1v) is 11.1. The maximum Gasteiger partial charge on any atom is 0.328 e. The SMILES string of the molecule is C=C/C(=C\C(C)=C\C1=C2CCCCN2CCC1)N(C(=O)N(C)CC)c1ccccc1. The van der Waals surface area contributed by atoms with E-state index >= 15 is 0 Å². The molecule has 0 unspecified atom stereocenters. The molecule has 0 radical (unpaired) electrons. The first kappa shape index (κ1) is 21.9. The third-order valence-electron chi connectivity index (χ3n) is 5.97. The van der Waals surface area contributed by atoms with Crippen LogP contribution in [0.15, 0.2) is 77.7 Å². The van der Waals surface area contributed by atoms with Gasteiger partial charge < -0.3 is 9.80 Å². The van der Waals surface area contributed by atoms with Gasteiger partial charge in [0, 0.05) is 32.4 Å². The second-order valence-corrected chi connectivity index (χ2v) is 8.15. The van der Waals surface area contributed by atoms with Crippen LogP contribution >= 0.6 is 0 Å². The lowest BCUT2D eigenvalue weighted by molar-refractivity contribution is 0.219. The molecule has 4 heteroatoms. The fourth-order valence-corrected chi connectivity index (χ4v) is 4.28. The Morgan fingerprint density at radius 1 is 1.13 bits per heavy atom. The van der Waals surface area contributed by atoms with E-state index in [9.17, 15) is 4.79 Å². The number of benzene rings is 1. The number of amides is 2. The number of rotatable bonds is 6. The Labute approximate surface area is 181 Å². The Bertz CT molecular complexity index is 850. The van der Waals surface area contributed by atoms with Gasteiger partial charge in [0.05, 0.1) is 11.4 Å². The first-order chi connectivity index (χ1) is 14.5. The van der Waals surface area contributed by atoms with Gasteiger partial charge >= 0.3 is 6.03 Å². The third kappa shape index (κ3) is 5.05. The molecule has 30 heavy (non-hydrogen) atoms. The standard InChI is InChI=1S/C26H35N3O/c1-5-23(29(26(30)27(4)6-2)24-14-8-7-9-15-24)20-21(3)19-22-13-12-18-28-17-11-10-16-25(22)28/h5,7-9,14-15,19-20H,1,6,10-13,16-18H2,2-4H3/b21-19+,23-20+. The van der Waals surface area contributed by atoms with Crippen molar-refractivity contribution < 1.29 is 4.79 Å². The number of urea groups is 1. The van der Waals surface area contributed by atoms with Crippen molar-refractivity contribution in [2.75, 3.05) is 31.6 Å². The fraction of sp³-hybridized carbons (Fsp3) is 0.423. The number of piperidine rings is 1. The molecular formula is C26H35N3O. The number of carbonyl (C=O) groups is 1. The van der Waals surface area contributed by atoms with E-state index in [1.807, 2.05) is 44.3 Å². The molecule has 0 N–H and O–H groups in total. The van der Waals surface area contributed by atoms with Gasteiger partial charge in [-0.3, -0.25) is 4.90 Å². The van der Waals surface area contributed by atoms with Crippen molar-refractivity contribution in [1.29, 1.82) is 0 Å². The number of hydrogen-bond acceptors (Lipinski definition) is 2. The fourth-order valence-electron chi connectivity index (χ4n) is 4.28. The molecule has 1 saturated heterocycles. The Kier molecular flexibility index (Phi) is 7.56. The van der Waals surface area contributed by atoms with Gasteiger partial charge in [0.15, 0.2) is 0 Å². The summed E-state index contributed by atoms with van der Waals surface area (Å²) in [7, 11) is 1.83. The maximum absolute atomic E-state index is 13.2. The number of hydrogen-bond donors (Lipinski definition) is 0. The molecule has 0 saturated carbocycles. The summed E-state index contributed by atoms with van der Waals surface area (Å²) in [6, 6.07) is 9.74. The van der Waals surface area contributed by atoms with Crippen LogP contribution in [0, 0.1) is 0 Å². The van der Waals surface area contributed by atoms with Crippen molar-refractivity contribution in [1.82, 2.24) is 9.80 Å². The normalized spacial score (nSPS) is 17.5. The van der Waals surface area contributed by atoms with Gasteiger partial charge in [-0.1, -0.05) is 30.9 Å². The lowest BCUT2D eigenvalue weighted by atomic mass is 9.93. The van der Waals surface area contributed by atoms with Crippen molar-refractivity contribution in [2.24, 2.45) is 0 Å². The monoisotopic (exact) mass is 405 g/mol. The average Bonchev–Trinajstić information content (AvgIpc) is 2.78. The predicted molar refractivity (Wildman–Crippen MR) is 126 cm³/mol. The molecule has 0 atom stereocenters. The largest absolute Gasteiger partial charge is 0.375 e. The number of carbonyl (C=O) groups excluding carboxylic acids is 1. The third-order valence-corrected chi connectivity index (χ3v) is 5.97. The molecule has 0 spiro atoms. The Morgan fingerprint density at radius 3 is 2.57 bits per heavy atom. The minimum Gasteiger partial charge on any atom is -0.375 e. The van der Waals surface area contributed by atoms with Gasteiger partial charge in [-0.25, -0.2) is 4.79 Å². The van der Waals surface area contributed by atoms with Gasteiger partial charge in [0.1, 0.15) is 0 Å². The predicted octanol–water partition coefficient (Wildman–Crippen LogP) is 6.11. The zero-order valence-electron chi connectivity index (χ0n) is 18.7. The van der Waals surface area contributed by atoms with Gasteiger partial charge in [0.25, 0.3) is 0 Å². The Morgan fingerprint density at radius 2 is 1.87 bits per heavy atom. The van der Waals surface area contributed by atoms with Crippen LogP contribution in [0.2, 0.25) is 0 Å². The molecule has 1 fully saturated rings. The number of para-hydroxylation sites is 1. The summed E-state index contributed by atoms with van der Waals surface area (Å²) in [5.41, 5.74) is 5.78. The minimum atomic E-state index is -0.0548. The van der Waals surface area contributed by atoms with E-state index in [4.69, 9.17) is 0 Å². The van der Waals surface area contributed by atoms with Crippen molar-refractivity contribution in [3.05, 3.63) is 77.7 Å². The number of nitrogens with zero attached hydrogens (tertiary/aromatic N) is 3. The molecule has 2 heterocycles. The molecule has 0 aromatic heterocycles. The molecule has 3 rings (SSSR count).